The molecular formula is C15H18N2O2. The van der Waals surface area contributed by atoms with Crippen LogP contribution in [0.4, 0.5) is 0 Å². The van der Waals surface area contributed by atoms with E-state index in [0.29, 0.717) is 5.56 Å². The summed E-state index contributed by atoms with van der Waals surface area (Å²) >= 11 is 0. The van der Waals surface area contributed by atoms with E-state index in [1.54, 1.807) is 12.1 Å². The zero-order chi connectivity index (χ0) is 13.8. The molecule has 0 radical (unpaired) electrons. The minimum absolute atomic E-state index is 0.0793. The summed E-state index contributed by atoms with van der Waals surface area (Å²) in [5.41, 5.74) is 8.48. The van der Waals surface area contributed by atoms with Gasteiger partial charge in [-0.05, 0) is 35.7 Å². The number of aromatic carboxylic acids is 1. The number of nitrogens with two attached hydrogens (primary N) is 1. The van der Waals surface area contributed by atoms with Crippen molar-refractivity contribution in [2.24, 2.45) is 5.73 Å². The molecule has 0 aliphatic heterocycles. The second-order valence-electron chi connectivity index (χ2n) is 4.63. The van der Waals surface area contributed by atoms with Crippen molar-refractivity contribution in [1.29, 1.82) is 0 Å². The fourth-order valence-electron chi connectivity index (χ4n) is 1.98. The van der Waals surface area contributed by atoms with E-state index in [0.717, 1.165) is 24.1 Å². The number of rotatable bonds is 5. The average molecular weight is 258 g/mol. The Bertz CT molecular complexity index is 558. The van der Waals surface area contributed by atoms with Gasteiger partial charge >= 0.3 is 5.97 Å². The first-order chi connectivity index (χ1) is 9.10. The van der Waals surface area contributed by atoms with E-state index in [1.165, 1.54) is 0 Å². The van der Waals surface area contributed by atoms with Gasteiger partial charge in [0.2, 0.25) is 0 Å². The van der Waals surface area contributed by atoms with Crippen LogP contribution in [-0.4, -0.2) is 15.6 Å². The monoisotopic (exact) mass is 258 g/mol. The van der Waals surface area contributed by atoms with Crippen molar-refractivity contribution in [1.82, 2.24) is 4.57 Å². The maximum absolute atomic E-state index is 10.8. The summed E-state index contributed by atoms with van der Waals surface area (Å²) in [6, 6.07) is 9.03. The van der Waals surface area contributed by atoms with Crippen LogP contribution < -0.4 is 5.73 Å². The molecule has 0 fully saturated rings. The van der Waals surface area contributed by atoms with E-state index < -0.39 is 5.97 Å². The van der Waals surface area contributed by atoms with Crippen LogP contribution >= 0.6 is 0 Å². The quantitative estimate of drug-likeness (QED) is 0.866. The van der Waals surface area contributed by atoms with Crippen molar-refractivity contribution >= 4 is 5.97 Å². The van der Waals surface area contributed by atoms with E-state index in [4.69, 9.17) is 10.8 Å². The van der Waals surface area contributed by atoms with Crippen LogP contribution in [0, 0.1) is 0 Å². The highest BCUT2D eigenvalue weighted by Gasteiger charge is 2.06. The number of nitrogens with zero attached hydrogens (tertiary/aromatic N) is 1. The zero-order valence-electron chi connectivity index (χ0n) is 10.9. The highest BCUT2D eigenvalue weighted by Crippen LogP contribution is 2.15. The van der Waals surface area contributed by atoms with Crippen molar-refractivity contribution in [3.63, 3.8) is 0 Å². The number of aromatic nitrogens is 1. The van der Waals surface area contributed by atoms with E-state index in [9.17, 15) is 4.79 Å². The van der Waals surface area contributed by atoms with Crippen LogP contribution in [0.5, 0.6) is 0 Å². The molecule has 2 aromatic rings. The molecule has 1 aromatic heterocycles. The molecule has 1 unspecified atom stereocenters. The Morgan fingerprint density at radius 1 is 1.32 bits per heavy atom. The van der Waals surface area contributed by atoms with Crippen LogP contribution in [0.15, 0.2) is 42.7 Å². The Balaban J connectivity index is 2.08. The summed E-state index contributed by atoms with van der Waals surface area (Å²) in [5, 5.41) is 8.84. The van der Waals surface area contributed by atoms with Gasteiger partial charge in [0.15, 0.2) is 0 Å². The van der Waals surface area contributed by atoms with E-state index in [2.05, 4.69) is 11.5 Å². The number of hydrogen-bond acceptors (Lipinski definition) is 2. The third-order valence-corrected chi connectivity index (χ3v) is 3.21. The SMILES string of the molecule is CCC(N)c1ccn(Cc2ccc(C(=O)O)cc2)c1. The topological polar surface area (TPSA) is 68.2 Å². The molecule has 0 aliphatic carbocycles. The molecule has 0 saturated carbocycles. The van der Waals surface area contributed by atoms with Gasteiger partial charge in [-0.3, -0.25) is 0 Å². The Kier molecular flexibility index (Phi) is 4.02. The Morgan fingerprint density at radius 3 is 2.58 bits per heavy atom. The van der Waals surface area contributed by atoms with Gasteiger partial charge in [-0.1, -0.05) is 19.1 Å². The molecule has 4 nitrogen and oxygen atoms in total. The number of carbonyl (C=O) groups is 1. The highest BCUT2D eigenvalue weighted by atomic mass is 16.4. The largest absolute Gasteiger partial charge is 0.478 e. The summed E-state index contributed by atoms with van der Waals surface area (Å²) in [4.78, 5) is 10.8. The minimum Gasteiger partial charge on any atom is -0.478 e. The summed E-state index contributed by atoms with van der Waals surface area (Å²) in [6.07, 6.45) is 4.95. The molecular weight excluding hydrogens is 240 g/mol. The van der Waals surface area contributed by atoms with Crippen LogP contribution in [-0.2, 0) is 6.54 Å². The number of hydrogen-bond donors (Lipinski definition) is 2. The molecule has 1 aromatic carbocycles. The van der Waals surface area contributed by atoms with Crippen molar-refractivity contribution in [3.05, 3.63) is 59.4 Å². The maximum Gasteiger partial charge on any atom is 0.335 e. The lowest BCUT2D eigenvalue weighted by atomic mass is 10.1. The molecule has 0 spiro atoms. The van der Waals surface area contributed by atoms with Crippen molar-refractivity contribution < 1.29 is 9.90 Å². The number of benzene rings is 1. The van der Waals surface area contributed by atoms with Gasteiger partial charge in [0, 0.05) is 25.0 Å². The molecule has 2 rings (SSSR count). The lowest BCUT2D eigenvalue weighted by molar-refractivity contribution is 0.0697. The van der Waals surface area contributed by atoms with E-state index in [1.807, 2.05) is 30.6 Å². The molecule has 0 bridgehead atoms. The van der Waals surface area contributed by atoms with Gasteiger partial charge in [-0.25, -0.2) is 4.79 Å². The van der Waals surface area contributed by atoms with Crippen LogP contribution in [0.2, 0.25) is 0 Å². The van der Waals surface area contributed by atoms with Gasteiger partial charge < -0.3 is 15.4 Å². The third kappa shape index (κ3) is 3.23. The summed E-state index contributed by atoms with van der Waals surface area (Å²) in [7, 11) is 0. The minimum atomic E-state index is -0.899. The molecule has 1 atom stereocenters. The third-order valence-electron chi connectivity index (χ3n) is 3.21. The first-order valence-corrected chi connectivity index (χ1v) is 6.33. The Hall–Kier alpha value is -2.07. The van der Waals surface area contributed by atoms with Gasteiger partial charge in [-0.15, -0.1) is 0 Å². The average Bonchev–Trinajstić information content (AvgIpc) is 2.87. The standard InChI is InChI=1S/C15H18N2O2/c1-2-14(16)13-7-8-17(10-13)9-11-3-5-12(6-4-11)15(18)19/h3-8,10,14H,2,9,16H2,1H3,(H,18,19). The molecule has 19 heavy (non-hydrogen) atoms. The fraction of sp³-hybridized carbons (Fsp3) is 0.267. The molecule has 0 amide bonds. The van der Waals surface area contributed by atoms with Gasteiger partial charge in [0.1, 0.15) is 0 Å². The fourth-order valence-corrected chi connectivity index (χ4v) is 1.98. The Morgan fingerprint density at radius 2 is 2.00 bits per heavy atom. The van der Waals surface area contributed by atoms with Crippen LogP contribution in [0.1, 0.15) is 40.9 Å². The van der Waals surface area contributed by atoms with E-state index >= 15 is 0 Å². The molecule has 100 valence electrons. The molecule has 0 aliphatic rings. The summed E-state index contributed by atoms with van der Waals surface area (Å²) in [5.74, 6) is -0.899. The summed E-state index contributed by atoms with van der Waals surface area (Å²) < 4.78 is 2.06. The van der Waals surface area contributed by atoms with Crippen molar-refractivity contribution in [2.75, 3.05) is 0 Å². The van der Waals surface area contributed by atoms with E-state index in [-0.39, 0.29) is 6.04 Å². The molecule has 4 heteroatoms. The Labute approximate surface area is 112 Å². The predicted molar refractivity (Wildman–Crippen MR) is 74.2 cm³/mol. The van der Waals surface area contributed by atoms with Crippen molar-refractivity contribution in [2.45, 2.75) is 25.9 Å². The smallest absolute Gasteiger partial charge is 0.335 e. The summed E-state index contributed by atoms with van der Waals surface area (Å²) in [6.45, 7) is 2.78. The van der Waals surface area contributed by atoms with Gasteiger partial charge in [-0.2, -0.15) is 0 Å². The second kappa shape index (κ2) is 5.71. The van der Waals surface area contributed by atoms with Crippen molar-refractivity contribution in [3.8, 4) is 0 Å². The lowest BCUT2D eigenvalue weighted by Gasteiger charge is -2.06. The maximum atomic E-state index is 10.8. The molecule has 3 N–H and O–H groups in total. The number of carboxylic acid groups (broad SMARTS) is 1. The zero-order valence-corrected chi connectivity index (χ0v) is 10.9. The van der Waals surface area contributed by atoms with Gasteiger partial charge in [0.05, 0.1) is 5.56 Å². The highest BCUT2D eigenvalue weighted by molar-refractivity contribution is 5.87. The van der Waals surface area contributed by atoms with Gasteiger partial charge in [0.25, 0.3) is 0 Å². The first-order valence-electron chi connectivity index (χ1n) is 6.33. The van der Waals surface area contributed by atoms with Crippen LogP contribution in [0.3, 0.4) is 0 Å². The molecule has 0 saturated heterocycles. The molecule has 1 heterocycles. The number of carboxylic acids is 1. The predicted octanol–water partition coefficient (Wildman–Crippen LogP) is 2.64. The first kappa shape index (κ1) is 13.4. The second-order valence-corrected chi connectivity index (χ2v) is 4.63. The normalized spacial score (nSPS) is 12.3. The lowest BCUT2D eigenvalue weighted by Crippen LogP contribution is -2.07. The van der Waals surface area contributed by atoms with Crippen LogP contribution in [0.25, 0.3) is 0 Å².